The van der Waals surface area contributed by atoms with Crippen molar-refractivity contribution in [2.75, 3.05) is 12.4 Å². The van der Waals surface area contributed by atoms with Crippen molar-refractivity contribution in [1.29, 1.82) is 0 Å². The smallest absolute Gasteiger partial charge is 0.133 e. The fourth-order valence-electron chi connectivity index (χ4n) is 1.52. The first-order valence-electron chi connectivity index (χ1n) is 4.77. The fraction of sp³-hybridized carbons (Fsp3) is 0.364. The van der Waals surface area contributed by atoms with Crippen LogP contribution in [0.2, 0.25) is 0 Å². The lowest BCUT2D eigenvalue weighted by atomic mass is 10.2. The highest BCUT2D eigenvalue weighted by Crippen LogP contribution is 2.43. The van der Waals surface area contributed by atoms with Gasteiger partial charge in [-0.1, -0.05) is 12.7 Å². The maximum atomic E-state index is 4.59. The van der Waals surface area contributed by atoms with E-state index in [1.807, 2.05) is 13.1 Å². The zero-order valence-electron chi connectivity index (χ0n) is 8.18. The Kier molecular flexibility index (Phi) is 2.59. The van der Waals surface area contributed by atoms with Crippen molar-refractivity contribution in [2.45, 2.75) is 18.8 Å². The zero-order valence-corrected chi connectivity index (χ0v) is 9.76. The molecule has 14 heavy (non-hydrogen) atoms. The van der Waals surface area contributed by atoms with E-state index in [1.54, 1.807) is 0 Å². The number of hydrogen-bond donors (Lipinski definition) is 1. The van der Waals surface area contributed by atoms with Crippen molar-refractivity contribution in [2.24, 2.45) is 0 Å². The minimum atomic E-state index is 0.662. The summed E-state index contributed by atoms with van der Waals surface area (Å²) in [6.07, 6.45) is 4.35. The van der Waals surface area contributed by atoms with Gasteiger partial charge in [0.05, 0.1) is 5.69 Å². The van der Waals surface area contributed by atoms with Crippen LogP contribution in [0.4, 0.5) is 5.82 Å². The molecule has 0 amide bonds. The first-order valence-corrected chi connectivity index (χ1v) is 5.56. The van der Waals surface area contributed by atoms with Gasteiger partial charge in [0.1, 0.15) is 5.82 Å². The van der Waals surface area contributed by atoms with Crippen molar-refractivity contribution < 1.29 is 0 Å². The molecule has 1 heterocycles. The molecule has 74 valence electrons. The maximum absolute atomic E-state index is 4.59. The van der Waals surface area contributed by atoms with Gasteiger partial charge in [-0.3, -0.25) is 0 Å². The molecule has 3 heteroatoms. The van der Waals surface area contributed by atoms with Crippen molar-refractivity contribution in [1.82, 2.24) is 4.98 Å². The van der Waals surface area contributed by atoms with Crippen LogP contribution in [0.15, 0.2) is 17.1 Å². The van der Waals surface area contributed by atoms with E-state index in [9.17, 15) is 0 Å². The molecule has 0 radical (unpaired) electrons. The normalized spacial score (nSPS) is 15.3. The summed E-state index contributed by atoms with van der Waals surface area (Å²) in [5, 5.41) is 3.09. The second-order valence-corrected chi connectivity index (χ2v) is 4.38. The molecular weight excluding hydrogens is 240 g/mol. The Morgan fingerprint density at radius 3 is 2.86 bits per heavy atom. The molecule has 0 spiro atoms. The Morgan fingerprint density at radius 2 is 2.36 bits per heavy atom. The molecule has 0 unspecified atom stereocenters. The number of halogens is 1. The van der Waals surface area contributed by atoms with Crippen LogP contribution < -0.4 is 5.32 Å². The Labute approximate surface area is 92.6 Å². The lowest BCUT2D eigenvalue weighted by molar-refractivity contribution is 1.01. The lowest BCUT2D eigenvalue weighted by Gasteiger charge is -2.09. The summed E-state index contributed by atoms with van der Waals surface area (Å²) in [5.41, 5.74) is 2.23. The number of hydrogen-bond acceptors (Lipinski definition) is 2. The number of pyridine rings is 1. The summed E-state index contributed by atoms with van der Waals surface area (Å²) >= 11 is 3.55. The average Bonchev–Trinajstić information content (AvgIpc) is 3.01. The largest absolute Gasteiger partial charge is 0.373 e. The van der Waals surface area contributed by atoms with Gasteiger partial charge >= 0.3 is 0 Å². The van der Waals surface area contributed by atoms with E-state index in [1.165, 1.54) is 18.5 Å². The molecule has 0 atom stereocenters. The molecule has 1 N–H and O–H groups in total. The Morgan fingerprint density at radius 1 is 1.64 bits per heavy atom. The molecule has 0 aromatic carbocycles. The summed E-state index contributed by atoms with van der Waals surface area (Å²) in [6, 6.07) is 2.08. The molecule has 1 aliphatic rings. The second-order valence-electron chi connectivity index (χ2n) is 3.52. The first-order chi connectivity index (χ1) is 6.76. The summed E-state index contributed by atoms with van der Waals surface area (Å²) in [7, 11) is 1.89. The number of rotatable bonds is 3. The minimum absolute atomic E-state index is 0.662. The topological polar surface area (TPSA) is 24.9 Å². The molecule has 0 aliphatic heterocycles. The SMILES string of the molecule is C=Cc1cc(Br)c(C2CC2)nc1NC. The minimum Gasteiger partial charge on any atom is -0.373 e. The quantitative estimate of drug-likeness (QED) is 0.892. The highest BCUT2D eigenvalue weighted by atomic mass is 79.9. The van der Waals surface area contributed by atoms with Gasteiger partial charge < -0.3 is 5.32 Å². The molecule has 2 nitrogen and oxygen atoms in total. The predicted molar refractivity (Wildman–Crippen MR) is 63.5 cm³/mol. The van der Waals surface area contributed by atoms with E-state index in [0.717, 1.165) is 15.9 Å². The summed E-state index contributed by atoms with van der Waals surface area (Å²) < 4.78 is 1.11. The standard InChI is InChI=1S/C11H13BrN2/c1-3-7-6-9(12)10(8-4-5-8)14-11(7)13-2/h3,6,8H,1,4-5H2,2H3,(H,13,14). The van der Waals surface area contributed by atoms with Gasteiger partial charge in [0, 0.05) is 23.0 Å². The van der Waals surface area contributed by atoms with Crippen molar-refractivity contribution >= 4 is 27.8 Å². The Hall–Kier alpha value is -0.830. The van der Waals surface area contributed by atoms with E-state index >= 15 is 0 Å². The van der Waals surface area contributed by atoms with Crippen LogP contribution in [-0.4, -0.2) is 12.0 Å². The molecule has 1 aliphatic carbocycles. The van der Waals surface area contributed by atoms with Gasteiger partial charge in [0.2, 0.25) is 0 Å². The van der Waals surface area contributed by atoms with E-state index < -0.39 is 0 Å². The monoisotopic (exact) mass is 252 g/mol. The van der Waals surface area contributed by atoms with Gasteiger partial charge in [-0.2, -0.15) is 0 Å². The third-order valence-electron chi connectivity index (χ3n) is 2.45. The molecule has 1 fully saturated rings. The highest BCUT2D eigenvalue weighted by Gasteiger charge is 2.27. The van der Waals surface area contributed by atoms with Crippen molar-refractivity contribution in [3.05, 3.63) is 28.4 Å². The fourth-order valence-corrected chi connectivity index (χ4v) is 2.18. The molecule has 1 aromatic heterocycles. The second kappa shape index (κ2) is 3.73. The van der Waals surface area contributed by atoms with Crippen molar-refractivity contribution in [3.63, 3.8) is 0 Å². The molecule has 0 saturated heterocycles. The molecule has 2 rings (SSSR count). The van der Waals surface area contributed by atoms with Crippen LogP contribution >= 0.6 is 15.9 Å². The van der Waals surface area contributed by atoms with Crippen LogP contribution in [0.25, 0.3) is 6.08 Å². The molecule has 1 saturated carbocycles. The summed E-state index contributed by atoms with van der Waals surface area (Å²) in [4.78, 5) is 4.59. The number of aromatic nitrogens is 1. The molecule has 0 bridgehead atoms. The van der Waals surface area contributed by atoms with Crippen LogP contribution in [0.5, 0.6) is 0 Å². The third kappa shape index (κ3) is 1.69. The summed E-state index contributed by atoms with van der Waals surface area (Å²) in [5.74, 6) is 1.58. The molecular formula is C11H13BrN2. The van der Waals surface area contributed by atoms with Gasteiger partial charge in [-0.15, -0.1) is 0 Å². The van der Waals surface area contributed by atoms with Gasteiger partial charge in [-0.05, 0) is 34.8 Å². The van der Waals surface area contributed by atoms with Gasteiger partial charge in [0.15, 0.2) is 0 Å². The first kappa shape index (κ1) is 9.71. The number of nitrogens with zero attached hydrogens (tertiary/aromatic N) is 1. The maximum Gasteiger partial charge on any atom is 0.133 e. The summed E-state index contributed by atoms with van der Waals surface area (Å²) in [6.45, 7) is 3.77. The molecule has 1 aromatic rings. The van der Waals surface area contributed by atoms with E-state index in [4.69, 9.17) is 0 Å². The number of anilines is 1. The van der Waals surface area contributed by atoms with E-state index in [0.29, 0.717) is 5.92 Å². The van der Waals surface area contributed by atoms with Gasteiger partial charge in [0.25, 0.3) is 0 Å². The van der Waals surface area contributed by atoms with Crippen LogP contribution in [0.3, 0.4) is 0 Å². The van der Waals surface area contributed by atoms with Crippen molar-refractivity contribution in [3.8, 4) is 0 Å². The van der Waals surface area contributed by atoms with Gasteiger partial charge in [-0.25, -0.2) is 4.98 Å². The number of nitrogens with one attached hydrogen (secondary N) is 1. The zero-order chi connectivity index (χ0) is 10.1. The predicted octanol–water partition coefficient (Wildman–Crippen LogP) is 3.41. The lowest BCUT2D eigenvalue weighted by Crippen LogP contribution is -1.99. The van der Waals surface area contributed by atoms with Crippen LogP contribution in [0.1, 0.15) is 30.0 Å². The third-order valence-corrected chi connectivity index (χ3v) is 3.09. The van der Waals surface area contributed by atoms with E-state index in [-0.39, 0.29) is 0 Å². The highest BCUT2D eigenvalue weighted by molar-refractivity contribution is 9.10. The Bertz CT molecular complexity index is 370. The average molecular weight is 253 g/mol. The van der Waals surface area contributed by atoms with Crippen LogP contribution in [-0.2, 0) is 0 Å². The van der Waals surface area contributed by atoms with Crippen LogP contribution in [0, 0.1) is 0 Å². The van der Waals surface area contributed by atoms with E-state index in [2.05, 4.69) is 38.9 Å². The Balaban J connectivity index is 2.47.